The van der Waals surface area contributed by atoms with Crippen molar-refractivity contribution in [3.05, 3.63) is 60.3 Å². The van der Waals surface area contributed by atoms with Crippen LogP contribution >= 0.6 is 0 Å². The second kappa shape index (κ2) is 15.6. The summed E-state index contributed by atoms with van der Waals surface area (Å²) in [6, 6.07) is 0. The van der Waals surface area contributed by atoms with Crippen molar-refractivity contribution < 1.29 is 42.8 Å². The van der Waals surface area contributed by atoms with Gasteiger partial charge in [-0.25, -0.2) is 4.79 Å². The molecule has 0 amide bonds. The number of epoxide rings is 1. The fourth-order valence-corrected chi connectivity index (χ4v) is 6.05. The fourth-order valence-electron chi connectivity index (χ4n) is 6.05. The van der Waals surface area contributed by atoms with Crippen LogP contribution in [-0.2, 0) is 42.8 Å². The first kappa shape index (κ1) is 32.9. The van der Waals surface area contributed by atoms with Gasteiger partial charge >= 0.3 is 17.9 Å². The van der Waals surface area contributed by atoms with Crippen LogP contribution in [0.15, 0.2) is 60.3 Å². The van der Waals surface area contributed by atoms with Crippen LogP contribution < -0.4 is 0 Å². The molecule has 4 aliphatic rings. The Morgan fingerprint density at radius 3 is 2.63 bits per heavy atom. The molecule has 4 aliphatic heterocycles. The third kappa shape index (κ3) is 10.9. The minimum Gasteiger partial charge on any atom is -0.459 e. The first-order valence-electron chi connectivity index (χ1n) is 15.4. The largest absolute Gasteiger partial charge is 0.459 e. The first-order valence-corrected chi connectivity index (χ1v) is 15.4. The highest BCUT2D eigenvalue weighted by Crippen LogP contribution is 2.37. The highest BCUT2D eigenvalue weighted by Gasteiger charge is 2.49. The number of carbonyl (C=O) groups is 3. The van der Waals surface area contributed by atoms with Crippen LogP contribution in [0.2, 0.25) is 0 Å². The quantitative estimate of drug-likeness (QED) is 0.181. The lowest BCUT2D eigenvalue weighted by atomic mass is 9.90. The Morgan fingerprint density at radius 2 is 1.88 bits per heavy atom. The molecule has 0 saturated carbocycles. The average Bonchev–Trinajstić information content (AvgIpc) is 3.68. The average molecular weight is 599 g/mol. The Bertz CT molecular complexity index is 1130. The highest BCUT2D eigenvalue weighted by atomic mass is 16.6. The summed E-state index contributed by atoms with van der Waals surface area (Å²) >= 11 is 0. The van der Waals surface area contributed by atoms with Crippen molar-refractivity contribution >= 4 is 17.9 Å². The first-order chi connectivity index (χ1) is 20.5. The molecule has 1 saturated heterocycles. The van der Waals surface area contributed by atoms with Crippen LogP contribution in [0.5, 0.6) is 0 Å². The normalized spacial score (nSPS) is 35.4. The molecule has 9 atom stereocenters. The molecule has 0 aliphatic carbocycles. The Balaban J connectivity index is 1.57. The molecule has 4 rings (SSSR count). The van der Waals surface area contributed by atoms with Crippen LogP contribution in [0.25, 0.3) is 0 Å². The van der Waals surface area contributed by atoms with Gasteiger partial charge in [0.25, 0.3) is 0 Å². The zero-order valence-electron chi connectivity index (χ0n) is 25.8. The van der Waals surface area contributed by atoms with E-state index in [1.807, 2.05) is 25.2 Å². The van der Waals surface area contributed by atoms with Crippen LogP contribution in [0.1, 0.15) is 72.6 Å². The lowest BCUT2D eigenvalue weighted by Crippen LogP contribution is -2.36. The minimum atomic E-state index is -0.867. The van der Waals surface area contributed by atoms with E-state index in [4.69, 9.17) is 28.4 Å². The number of fused-ring (bicyclic) bond motifs is 3. The van der Waals surface area contributed by atoms with Crippen molar-refractivity contribution in [1.82, 2.24) is 0 Å². The van der Waals surface area contributed by atoms with Gasteiger partial charge in [0.15, 0.2) is 6.10 Å². The Morgan fingerprint density at radius 1 is 1.07 bits per heavy atom. The van der Waals surface area contributed by atoms with E-state index >= 15 is 0 Å². The maximum absolute atomic E-state index is 13.0. The summed E-state index contributed by atoms with van der Waals surface area (Å²) in [5.41, 5.74) is 2.18. The van der Waals surface area contributed by atoms with Crippen molar-refractivity contribution in [3.63, 3.8) is 0 Å². The number of ether oxygens (including phenoxy) is 6. The van der Waals surface area contributed by atoms with Gasteiger partial charge in [-0.3, -0.25) is 9.59 Å². The Labute approximate surface area is 254 Å². The molecule has 0 spiro atoms. The molecular formula is C34H46O9. The Kier molecular flexibility index (Phi) is 12.0. The second-order valence-electron chi connectivity index (χ2n) is 12.2. The summed E-state index contributed by atoms with van der Waals surface area (Å²) in [6.45, 7) is 11.7. The molecule has 9 heteroatoms. The van der Waals surface area contributed by atoms with Gasteiger partial charge < -0.3 is 28.4 Å². The molecule has 9 nitrogen and oxygen atoms in total. The van der Waals surface area contributed by atoms with Gasteiger partial charge in [-0.05, 0) is 51.0 Å². The van der Waals surface area contributed by atoms with E-state index in [9.17, 15) is 14.4 Å². The van der Waals surface area contributed by atoms with E-state index in [2.05, 4.69) is 19.6 Å². The number of esters is 3. The summed E-state index contributed by atoms with van der Waals surface area (Å²) in [5.74, 6) is -1.14. The SMILES string of the molecule is C=C1C[C@H](C)C[C@@H]2CC=C[C@@H](C/C=C/C(=O)O[C@H]([C@H](/C=C/[C@@H]3CC(C)=CCO3)OC(C)=O)C[C@H]3O[C@H]3[C@@H](OC(C)=O)C1)O2. The number of hydrogen-bond acceptors (Lipinski definition) is 9. The smallest absolute Gasteiger partial charge is 0.330 e. The summed E-state index contributed by atoms with van der Waals surface area (Å²) in [4.78, 5) is 37.2. The van der Waals surface area contributed by atoms with E-state index in [0.717, 1.165) is 31.3 Å². The maximum Gasteiger partial charge on any atom is 0.330 e. The molecule has 1 fully saturated rings. The minimum absolute atomic E-state index is 0.0746. The zero-order chi connectivity index (χ0) is 30.9. The van der Waals surface area contributed by atoms with Gasteiger partial charge in [0.2, 0.25) is 0 Å². The van der Waals surface area contributed by atoms with Gasteiger partial charge in [-0.2, -0.15) is 0 Å². The molecule has 0 unspecified atom stereocenters. The summed E-state index contributed by atoms with van der Waals surface area (Å²) < 4.78 is 35.3. The molecule has 2 bridgehead atoms. The predicted molar refractivity (Wildman–Crippen MR) is 160 cm³/mol. The van der Waals surface area contributed by atoms with Crippen LogP contribution in [0, 0.1) is 5.92 Å². The third-order valence-electron chi connectivity index (χ3n) is 8.02. The molecule has 0 N–H and O–H groups in total. The Hall–Kier alpha value is -3.01. The topological polar surface area (TPSA) is 110 Å². The van der Waals surface area contributed by atoms with Gasteiger partial charge in [0.05, 0.1) is 31.0 Å². The standard InChI is InChI=1S/C34H46O9/c1-21-14-15-38-27(17-21)12-13-29(39-24(4)35)30-20-32-34(43-32)31(40-25(5)36)19-23(3)16-22(2)18-28-10-6-8-26(41-28)9-7-11-33(37)42-30/h6-8,11-14,22,26-32,34H,3,9-10,15-20H2,1-2,4-5H3/b11-7+,13-12+/t22-,26-,27+,28-,29-,30-,31-,32+,34-/m0/s1. The van der Waals surface area contributed by atoms with Crippen LogP contribution in [-0.4, -0.2) is 73.3 Å². The van der Waals surface area contributed by atoms with E-state index in [1.54, 1.807) is 12.2 Å². The van der Waals surface area contributed by atoms with Gasteiger partial charge in [0.1, 0.15) is 18.3 Å². The molecule has 0 radical (unpaired) electrons. The molecule has 236 valence electrons. The van der Waals surface area contributed by atoms with E-state index < -0.39 is 42.3 Å². The molecule has 43 heavy (non-hydrogen) atoms. The van der Waals surface area contributed by atoms with Gasteiger partial charge in [-0.1, -0.05) is 55.0 Å². The number of hydrogen-bond donors (Lipinski definition) is 0. The van der Waals surface area contributed by atoms with E-state index in [0.29, 0.717) is 25.4 Å². The fraction of sp³-hybridized carbons (Fsp3) is 0.618. The van der Waals surface area contributed by atoms with E-state index in [1.165, 1.54) is 25.5 Å². The molecule has 0 aromatic carbocycles. The van der Waals surface area contributed by atoms with E-state index in [-0.39, 0.29) is 30.8 Å². The van der Waals surface area contributed by atoms with Crippen molar-refractivity contribution in [2.45, 2.75) is 121 Å². The molecule has 0 aromatic heterocycles. The monoisotopic (exact) mass is 598 g/mol. The third-order valence-corrected chi connectivity index (χ3v) is 8.02. The zero-order valence-corrected chi connectivity index (χ0v) is 25.8. The molecule has 0 aromatic rings. The summed E-state index contributed by atoms with van der Waals surface area (Å²) in [7, 11) is 0. The van der Waals surface area contributed by atoms with Gasteiger partial charge in [0, 0.05) is 32.8 Å². The number of rotatable bonds is 5. The van der Waals surface area contributed by atoms with Crippen LogP contribution in [0.3, 0.4) is 0 Å². The summed E-state index contributed by atoms with van der Waals surface area (Å²) in [6.07, 6.45) is 14.1. The predicted octanol–water partition coefficient (Wildman–Crippen LogP) is 5.25. The summed E-state index contributed by atoms with van der Waals surface area (Å²) in [5, 5.41) is 0. The van der Waals surface area contributed by atoms with Crippen molar-refractivity contribution in [2.24, 2.45) is 5.92 Å². The molecular weight excluding hydrogens is 552 g/mol. The van der Waals surface area contributed by atoms with Crippen LogP contribution in [0.4, 0.5) is 0 Å². The van der Waals surface area contributed by atoms with Crippen molar-refractivity contribution in [2.75, 3.05) is 6.61 Å². The number of cyclic esters (lactones) is 1. The second-order valence-corrected chi connectivity index (χ2v) is 12.2. The number of carbonyl (C=O) groups excluding carboxylic acids is 3. The molecule has 4 heterocycles. The van der Waals surface area contributed by atoms with Crippen molar-refractivity contribution in [1.29, 1.82) is 0 Å². The highest BCUT2D eigenvalue weighted by molar-refractivity contribution is 5.82. The van der Waals surface area contributed by atoms with Crippen molar-refractivity contribution in [3.8, 4) is 0 Å². The lowest BCUT2D eigenvalue weighted by molar-refractivity contribution is -0.160. The lowest BCUT2D eigenvalue weighted by Gasteiger charge is -2.28. The van der Waals surface area contributed by atoms with Gasteiger partial charge in [-0.15, -0.1) is 0 Å². The maximum atomic E-state index is 13.0.